The number of aromatic nitrogens is 1. The fraction of sp³-hybridized carbons (Fsp3) is 0.300. The van der Waals surface area contributed by atoms with E-state index in [0.29, 0.717) is 17.1 Å². The van der Waals surface area contributed by atoms with Crippen LogP contribution in [0.2, 0.25) is 0 Å². The number of nitrogens with one attached hydrogen (secondary N) is 1. The van der Waals surface area contributed by atoms with E-state index in [0.717, 1.165) is 36.0 Å². The minimum Gasteiger partial charge on any atom is -0.474 e. The number of piperidine rings is 1. The zero-order valence-electron chi connectivity index (χ0n) is 14.6. The first-order valence-corrected chi connectivity index (χ1v) is 9.66. The van der Waals surface area contributed by atoms with Crippen molar-refractivity contribution in [3.63, 3.8) is 0 Å². The Hall–Kier alpha value is -2.44. The van der Waals surface area contributed by atoms with Crippen LogP contribution in [0.1, 0.15) is 23.2 Å². The summed E-state index contributed by atoms with van der Waals surface area (Å²) < 4.78 is 7.11. The van der Waals surface area contributed by atoms with Crippen LogP contribution in [0.5, 0.6) is 5.88 Å². The fourth-order valence-electron chi connectivity index (χ4n) is 3.18. The van der Waals surface area contributed by atoms with Crippen molar-refractivity contribution in [1.29, 1.82) is 0 Å². The first-order chi connectivity index (χ1) is 12.7. The first-order valence-electron chi connectivity index (χ1n) is 8.78. The molecular formula is C20H21N3O2S. The lowest BCUT2D eigenvalue weighted by atomic mass is 10.1. The number of fused-ring (bicyclic) bond motifs is 1. The van der Waals surface area contributed by atoms with Gasteiger partial charge in [-0.2, -0.15) is 0 Å². The summed E-state index contributed by atoms with van der Waals surface area (Å²) in [7, 11) is 2.12. The number of carbonyl (C=O) groups is 1. The van der Waals surface area contributed by atoms with Gasteiger partial charge in [-0.15, -0.1) is 11.3 Å². The summed E-state index contributed by atoms with van der Waals surface area (Å²) >= 11 is 1.58. The highest BCUT2D eigenvalue weighted by Crippen LogP contribution is 2.27. The van der Waals surface area contributed by atoms with Crippen LogP contribution in [-0.2, 0) is 0 Å². The predicted molar refractivity (Wildman–Crippen MR) is 105 cm³/mol. The number of carbonyl (C=O) groups excluding carboxylic acids is 1. The number of hydrogen-bond acceptors (Lipinski definition) is 5. The van der Waals surface area contributed by atoms with E-state index in [4.69, 9.17) is 4.74 Å². The SMILES string of the molecule is CN1CCC(Oc2cc(NC(=O)c3csc4ccccc34)ccn2)CC1. The minimum atomic E-state index is -0.112. The second-order valence-electron chi connectivity index (χ2n) is 6.60. The highest BCUT2D eigenvalue weighted by Gasteiger charge is 2.19. The zero-order valence-corrected chi connectivity index (χ0v) is 15.5. The first kappa shape index (κ1) is 17.0. The van der Waals surface area contributed by atoms with Crippen molar-refractivity contribution in [1.82, 2.24) is 9.88 Å². The quantitative estimate of drug-likeness (QED) is 0.757. The van der Waals surface area contributed by atoms with Crippen LogP contribution in [-0.4, -0.2) is 42.0 Å². The summed E-state index contributed by atoms with van der Waals surface area (Å²) in [6.07, 6.45) is 3.85. The van der Waals surface area contributed by atoms with Crippen molar-refractivity contribution in [3.05, 3.63) is 53.5 Å². The normalized spacial score (nSPS) is 15.9. The summed E-state index contributed by atoms with van der Waals surface area (Å²) in [4.78, 5) is 19.2. The number of thiophene rings is 1. The topological polar surface area (TPSA) is 54.5 Å². The molecule has 0 atom stereocenters. The molecule has 4 rings (SSSR count). The lowest BCUT2D eigenvalue weighted by Gasteiger charge is -2.28. The van der Waals surface area contributed by atoms with Gasteiger partial charge in [0.1, 0.15) is 6.10 Å². The van der Waals surface area contributed by atoms with Gasteiger partial charge in [0, 0.05) is 46.5 Å². The van der Waals surface area contributed by atoms with Gasteiger partial charge in [-0.05, 0) is 32.0 Å². The maximum absolute atomic E-state index is 12.7. The van der Waals surface area contributed by atoms with Crippen LogP contribution < -0.4 is 10.1 Å². The third kappa shape index (κ3) is 3.71. The lowest BCUT2D eigenvalue weighted by molar-refractivity contribution is 0.102. The summed E-state index contributed by atoms with van der Waals surface area (Å²) in [5.74, 6) is 0.450. The molecule has 0 spiro atoms. The Balaban J connectivity index is 1.46. The number of pyridine rings is 1. The van der Waals surface area contributed by atoms with Crippen LogP contribution in [0.4, 0.5) is 5.69 Å². The monoisotopic (exact) mass is 367 g/mol. The van der Waals surface area contributed by atoms with Gasteiger partial charge >= 0.3 is 0 Å². The van der Waals surface area contributed by atoms with Gasteiger partial charge in [-0.3, -0.25) is 4.79 Å². The molecule has 134 valence electrons. The number of nitrogens with zero attached hydrogens (tertiary/aromatic N) is 2. The Morgan fingerprint density at radius 3 is 2.92 bits per heavy atom. The molecule has 0 radical (unpaired) electrons. The number of likely N-dealkylation sites (tertiary alicyclic amines) is 1. The molecule has 1 N–H and O–H groups in total. The largest absolute Gasteiger partial charge is 0.474 e. The molecule has 1 amide bonds. The van der Waals surface area contributed by atoms with Crippen LogP contribution in [0.3, 0.4) is 0 Å². The van der Waals surface area contributed by atoms with E-state index in [9.17, 15) is 4.79 Å². The van der Waals surface area contributed by atoms with E-state index in [1.54, 1.807) is 29.7 Å². The smallest absolute Gasteiger partial charge is 0.257 e. The van der Waals surface area contributed by atoms with Gasteiger partial charge in [0.2, 0.25) is 5.88 Å². The van der Waals surface area contributed by atoms with E-state index >= 15 is 0 Å². The Morgan fingerprint density at radius 2 is 2.08 bits per heavy atom. The standard InChI is InChI=1S/C20H21N3O2S/c1-23-10-7-15(8-11-23)25-19-12-14(6-9-21-19)22-20(24)17-13-26-18-5-3-2-4-16(17)18/h2-6,9,12-13,15H,7-8,10-11H2,1H3,(H,21,22,24). The van der Waals surface area contributed by atoms with Crippen molar-refractivity contribution in [2.24, 2.45) is 0 Å². The number of rotatable bonds is 4. The molecule has 1 saturated heterocycles. The van der Waals surface area contributed by atoms with Gasteiger partial charge in [-0.25, -0.2) is 4.98 Å². The van der Waals surface area contributed by atoms with Crippen LogP contribution in [0.25, 0.3) is 10.1 Å². The minimum absolute atomic E-state index is 0.112. The average molecular weight is 367 g/mol. The lowest BCUT2D eigenvalue weighted by Crippen LogP contribution is -2.35. The molecule has 3 aromatic rings. The Morgan fingerprint density at radius 1 is 1.27 bits per heavy atom. The molecule has 1 aliphatic rings. The van der Waals surface area contributed by atoms with Crippen molar-refractivity contribution < 1.29 is 9.53 Å². The number of benzene rings is 1. The van der Waals surface area contributed by atoms with Gasteiger partial charge in [0.25, 0.3) is 5.91 Å². The third-order valence-corrected chi connectivity index (χ3v) is 5.63. The van der Waals surface area contributed by atoms with Gasteiger partial charge < -0.3 is 15.0 Å². The van der Waals surface area contributed by atoms with Crippen LogP contribution in [0, 0.1) is 0 Å². The number of ether oxygens (including phenoxy) is 1. The third-order valence-electron chi connectivity index (χ3n) is 4.67. The summed E-state index contributed by atoms with van der Waals surface area (Å²) in [5.41, 5.74) is 1.39. The van der Waals surface area contributed by atoms with Gasteiger partial charge in [-0.1, -0.05) is 18.2 Å². The molecule has 0 unspecified atom stereocenters. The molecule has 5 nitrogen and oxygen atoms in total. The maximum atomic E-state index is 12.7. The Labute approximate surface area is 156 Å². The van der Waals surface area contributed by atoms with Gasteiger partial charge in [0.05, 0.1) is 5.56 Å². The van der Waals surface area contributed by atoms with Crippen molar-refractivity contribution in [3.8, 4) is 5.88 Å². The summed E-state index contributed by atoms with van der Waals surface area (Å²) in [5, 5.41) is 5.84. The molecule has 1 aromatic carbocycles. The number of anilines is 1. The number of hydrogen-bond donors (Lipinski definition) is 1. The molecule has 2 aromatic heterocycles. The molecule has 0 saturated carbocycles. The summed E-state index contributed by atoms with van der Waals surface area (Å²) in [6.45, 7) is 2.07. The van der Waals surface area contributed by atoms with E-state index in [1.807, 2.05) is 29.6 Å². The van der Waals surface area contributed by atoms with Gasteiger partial charge in [0.15, 0.2) is 0 Å². The van der Waals surface area contributed by atoms with Crippen molar-refractivity contribution in [2.45, 2.75) is 18.9 Å². The number of amides is 1. The van der Waals surface area contributed by atoms with Crippen LogP contribution >= 0.6 is 11.3 Å². The van der Waals surface area contributed by atoms with E-state index in [1.165, 1.54) is 0 Å². The van der Waals surface area contributed by atoms with Crippen molar-refractivity contribution >= 4 is 33.0 Å². The highest BCUT2D eigenvalue weighted by molar-refractivity contribution is 7.17. The van der Waals surface area contributed by atoms with E-state index in [2.05, 4.69) is 22.2 Å². The average Bonchev–Trinajstić information content (AvgIpc) is 3.08. The molecule has 1 aliphatic heterocycles. The molecule has 26 heavy (non-hydrogen) atoms. The van der Waals surface area contributed by atoms with Crippen LogP contribution in [0.15, 0.2) is 48.0 Å². The highest BCUT2D eigenvalue weighted by atomic mass is 32.1. The zero-order chi connectivity index (χ0) is 17.9. The predicted octanol–water partition coefficient (Wildman–Crippen LogP) is 4.02. The summed E-state index contributed by atoms with van der Waals surface area (Å²) in [6, 6.07) is 11.5. The van der Waals surface area contributed by atoms with E-state index in [-0.39, 0.29) is 12.0 Å². The molecule has 3 heterocycles. The molecule has 6 heteroatoms. The molecule has 1 fully saturated rings. The molecule has 0 bridgehead atoms. The molecule has 0 aliphatic carbocycles. The fourth-order valence-corrected chi connectivity index (χ4v) is 4.12. The van der Waals surface area contributed by atoms with E-state index < -0.39 is 0 Å². The maximum Gasteiger partial charge on any atom is 0.257 e. The van der Waals surface area contributed by atoms with Crippen molar-refractivity contribution in [2.75, 3.05) is 25.5 Å². The molecular weight excluding hydrogens is 346 g/mol. The second-order valence-corrected chi connectivity index (χ2v) is 7.51. The Bertz CT molecular complexity index is 916. The Kier molecular flexibility index (Phi) is 4.86. The second kappa shape index (κ2) is 7.43.